The average molecular weight is 216 g/mol. The van der Waals surface area contributed by atoms with Gasteiger partial charge in [0, 0.05) is 32.7 Å². The van der Waals surface area contributed by atoms with Crippen LogP contribution in [0, 0.1) is 11.8 Å². The quantitative estimate of drug-likeness (QED) is 0.682. The third-order valence-electron chi connectivity index (χ3n) is 2.24. The molecule has 0 aliphatic rings. The molecule has 4 nitrogen and oxygen atoms in total. The lowest BCUT2D eigenvalue weighted by molar-refractivity contribution is -0.135. The van der Waals surface area contributed by atoms with Crippen molar-refractivity contribution in [1.82, 2.24) is 4.90 Å². The maximum Gasteiger partial charge on any atom is 0.226 e. The standard InChI is InChI=1S/C11H24N2O2/c1-9(2)8-13(5-6-15-4)11(14)10(3)7-12/h9-10H,5-8,12H2,1-4H3. The Hall–Kier alpha value is -0.610. The van der Waals surface area contributed by atoms with Gasteiger partial charge in [0.05, 0.1) is 6.61 Å². The molecular formula is C11H24N2O2. The Balaban J connectivity index is 4.26. The van der Waals surface area contributed by atoms with Crippen LogP contribution < -0.4 is 5.73 Å². The fourth-order valence-electron chi connectivity index (χ4n) is 1.35. The summed E-state index contributed by atoms with van der Waals surface area (Å²) in [5.74, 6) is 0.500. The molecule has 0 bridgehead atoms. The Labute approximate surface area is 92.8 Å². The molecule has 0 aromatic heterocycles. The maximum absolute atomic E-state index is 11.9. The van der Waals surface area contributed by atoms with Gasteiger partial charge in [-0.2, -0.15) is 0 Å². The molecule has 0 aliphatic carbocycles. The van der Waals surface area contributed by atoms with Crippen LogP contribution in [0.3, 0.4) is 0 Å². The molecule has 0 saturated carbocycles. The van der Waals surface area contributed by atoms with Gasteiger partial charge in [0.1, 0.15) is 0 Å². The van der Waals surface area contributed by atoms with Gasteiger partial charge in [0.25, 0.3) is 0 Å². The third kappa shape index (κ3) is 5.74. The summed E-state index contributed by atoms with van der Waals surface area (Å²) in [5.41, 5.74) is 5.49. The summed E-state index contributed by atoms with van der Waals surface area (Å²) in [5, 5.41) is 0. The van der Waals surface area contributed by atoms with Gasteiger partial charge in [-0.1, -0.05) is 20.8 Å². The van der Waals surface area contributed by atoms with E-state index in [0.717, 1.165) is 6.54 Å². The Morgan fingerprint density at radius 3 is 2.40 bits per heavy atom. The van der Waals surface area contributed by atoms with Gasteiger partial charge in [-0.3, -0.25) is 4.79 Å². The largest absolute Gasteiger partial charge is 0.383 e. The predicted octanol–water partition coefficient (Wildman–Crippen LogP) is 0.712. The van der Waals surface area contributed by atoms with Gasteiger partial charge in [-0.15, -0.1) is 0 Å². The van der Waals surface area contributed by atoms with Crippen molar-refractivity contribution in [2.75, 3.05) is 33.4 Å². The second kappa shape index (κ2) is 7.65. The van der Waals surface area contributed by atoms with Gasteiger partial charge >= 0.3 is 0 Å². The van der Waals surface area contributed by atoms with Crippen LogP contribution in [0.25, 0.3) is 0 Å². The lowest BCUT2D eigenvalue weighted by atomic mass is 10.1. The molecule has 0 aliphatic heterocycles. The van der Waals surface area contributed by atoms with Gasteiger partial charge < -0.3 is 15.4 Å². The molecule has 0 aromatic carbocycles. The summed E-state index contributed by atoms with van der Waals surface area (Å²) in [6.45, 7) is 8.46. The molecule has 1 amide bonds. The first-order chi connectivity index (χ1) is 7.02. The molecule has 0 spiro atoms. The molecule has 0 saturated heterocycles. The highest BCUT2D eigenvalue weighted by atomic mass is 16.5. The third-order valence-corrected chi connectivity index (χ3v) is 2.24. The monoisotopic (exact) mass is 216 g/mol. The van der Waals surface area contributed by atoms with Crippen LogP contribution in [-0.4, -0.2) is 44.2 Å². The molecule has 4 heteroatoms. The topological polar surface area (TPSA) is 55.6 Å². The molecule has 0 radical (unpaired) electrons. The van der Waals surface area contributed by atoms with Crippen molar-refractivity contribution in [2.45, 2.75) is 20.8 Å². The summed E-state index contributed by atoms with van der Waals surface area (Å²) < 4.78 is 4.99. The number of hydrogen-bond donors (Lipinski definition) is 1. The number of carbonyl (C=O) groups excluding carboxylic acids is 1. The van der Waals surface area contributed by atoms with Crippen molar-refractivity contribution in [3.05, 3.63) is 0 Å². The van der Waals surface area contributed by atoms with Crippen LogP contribution in [0.5, 0.6) is 0 Å². The van der Waals surface area contributed by atoms with Crippen molar-refractivity contribution in [3.63, 3.8) is 0 Å². The number of nitrogens with two attached hydrogens (primary N) is 1. The number of methoxy groups -OCH3 is 1. The van der Waals surface area contributed by atoms with Gasteiger partial charge in [0.2, 0.25) is 5.91 Å². The first-order valence-electron chi connectivity index (χ1n) is 5.50. The first-order valence-corrected chi connectivity index (χ1v) is 5.50. The number of hydrogen-bond acceptors (Lipinski definition) is 3. The predicted molar refractivity (Wildman–Crippen MR) is 61.5 cm³/mol. The van der Waals surface area contributed by atoms with E-state index >= 15 is 0 Å². The minimum Gasteiger partial charge on any atom is -0.383 e. The van der Waals surface area contributed by atoms with Gasteiger partial charge in [-0.25, -0.2) is 0 Å². The molecule has 0 heterocycles. The molecule has 0 fully saturated rings. The summed E-state index contributed by atoms with van der Waals surface area (Å²) in [4.78, 5) is 13.7. The highest BCUT2D eigenvalue weighted by Crippen LogP contribution is 2.05. The highest BCUT2D eigenvalue weighted by Gasteiger charge is 2.19. The fourth-order valence-corrected chi connectivity index (χ4v) is 1.35. The highest BCUT2D eigenvalue weighted by molar-refractivity contribution is 5.78. The van der Waals surface area contributed by atoms with E-state index in [1.807, 2.05) is 11.8 Å². The second-order valence-corrected chi connectivity index (χ2v) is 4.31. The molecule has 0 rings (SSSR count). The Bertz CT molecular complexity index is 183. The van der Waals surface area contributed by atoms with E-state index in [1.54, 1.807) is 7.11 Å². The zero-order valence-electron chi connectivity index (χ0n) is 10.3. The van der Waals surface area contributed by atoms with Crippen molar-refractivity contribution in [1.29, 1.82) is 0 Å². The van der Waals surface area contributed by atoms with Gasteiger partial charge in [0.15, 0.2) is 0 Å². The molecule has 1 atom stereocenters. The molecule has 2 N–H and O–H groups in total. The van der Waals surface area contributed by atoms with E-state index in [-0.39, 0.29) is 11.8 Å². The maximum atomic E-state index is 11.9. The summed E-state index contributed by atoms with van der Waals surface area (Å²) in [7, 11) is 1.64. The van der Waals surface area contributed by atoms with Crippen LogP contribution in [0.1, 0.15) is 20.8 Å². The summed E-state index contributed by atoms with van der Waals surface area (Å²) >= 11 is 0. The average Bonchev–Trinajstić information content (AvgIpc) is 2.21. The molecule has 15 heavy (non-hydrogen) atoms. The second-order valence-electron chi connectivity index (χ2n) is 4.31. The number of carbonyl (C=O) groups is 1. The van der Waals surface area contributed by atoms with E-state index < -0.39 is 0 Å². The minimum atomic E-state index is -0.0967. The zero-order chi connectivity index (χ0) is 11.8. The van der Waals surface area contributed by atoms with Crippen molar-refractivity contribution in [2.24, 2.45) is 17.6 Å². The van der Waals surface area contributed by atoms with Crippen LogP contribution in [-0.2, 0) is 9.53 Å². The van der Waals surface area contributed by atoms with Crippen LogP contribution in [0.15, 0.2) is 0 Å². The minimum absolute atomic E-state index is 0.0967. The molecule has 90 valence electrons. The van der Waals surface area contributed by atoms with E-state index in [1.165, 1.54) is 0 Å². The van der Waals surface area contributed by atoms with E-state index in [4.69, 9.17) is 10.5 Å². The van der Waals surface area contributed by atoms with E-state index in [9.17, 15) is 4.79 Å². The van der Waals surface area contributed by atoms with Crippen LogP contribution >= 0.6 is 0 Å². The first kappa shape index (κ1) is 14.4. The number of nitrogens with zero attached hydrogens (tertiary/aromatic N) is 1. The van der Waals surface area contributed by atoms with E-state index in [0.29, 0.717) is 25.6 Å². The zero-order valence-corrected chi connectivity index (χ0v) is 10.3. The smallest absolute Gasteiger partial charge is 0.226 e. The lowest BCUT2D eigenvalue weighted by Crippen LogP contribution is -2.41. The molecule has 0 aromatic rings. The van der Waals surface area contributed by atoms with Gasteiger partial charge in [-0.05, 0) is 5.92 Å². The van der Waals surface area contributed by atoms with Crippen molar-refractivity contribution in [3.8, 4) is 0 Å². The normalized spacial score (nSPS) is 12.9. The Morgan fingerprint density at radius 1 is 1.40 bits per heavy atom. The van der Waals surface area contributed by atoms with Crippen LogP contribution in [0.2, 0.25) is 0 Å². The Morgan fingerprint density at radius 2 is 2.00 bits per heavy atom. The number of ether oxygens (including phenoxy) is 1. The summed E-state index contributed by atoms with van der Waals surface area (Å²) in [6.07, 6.45) is 0. The summed E-state index contributed by atoms with van der Waals surface area (Å²) in [6, 6.07) is 0. The van der Waals surface area contributed by atoms with Crippen molar-refractivity contribution >= 4 is 5.91 Å². The molecule has 1 unspecified atom stereocenters. The number of amides is 1. The van der Waals surface area contributed by atoms with Crippen LogP contribution in [0.4, 0.5) is 0 Å². The Kier molecular flexibility index (Phi) is 7.34. The van der Waals surface area contributed by atoms with Crippen molar-refractivity contribution < 1.29 is 9.53 Å². The SMILES string of the molecule is COCCN(CC(C)C)C(=O)C(C)CN. The molecular weight excluding hydrogens is 192 g/mol. The lowest BCUT2D eigenvalue weighted by Gasteiger charge is -2.26. The van der Waals surface area contributed by atoms with E-state index in [2.05, 4.69) is 13.8 Å². The fraction of sp³-hybridized carbons (Fsp3) is 0.909. The number of rotatable bonds is 7.